The molecular weight excluding hydrogens is 284 g/mol. The van der Waals surface area contributed by atoms with Gasteiger partial charge in [-0.2, -0.15) is 9.78 Å². The van der Waals surface area contributed by atoms with E-state index < -0.39 is 0 Å². The summed E-state index contributed by atoms with van der Waals surface area (Å²) in [6.45, 7) is 0.564. The third kappa shape index (κ3) is 3.32. The lowest BCUT2D eigenvalue weighted by Gasteiger charge is -2.03. The first-order chi connectivity index (χ1) is 10.8. The van der Waals surface area contributed by atoms with E-state index in [-0.39, 0.29) is 5.91 Å². The SMILES string of the molecule is O=C(NCCCc1ccccn1)c1cc(-n2cnnn2)n[nH]1. The molecule has 22 heavy (non-hydrogen) atoms. The van der Waals surface area contributed by atoms with Crippen LogP contribution in [-0.4, -0.2) is 47.8 Å². The molecule has 9 nitrogen and oxygen atoms in total. The van der Waals surface area contributed by atoms with Crippen LogP contribution in [0.3, 0.4) is 0 Å². The van der Waals surface area contributed by atoms with E-state index in [1.54, 1.807) is 12.3 Å². The molecule has 0 spiro atoms. The Bertz CT molecular complexity index is 722. The summed E-state index contributed by atoms with van der Waals surface area (Å²) in [5, 5.41) is 20.2. The Kier molecular flexibility index (Phi) is 4.14. The van der Waals surface area contributed by atoms with Crippen LogP contribution in [0.25, 0.3) is 5.82 Å². The molecule has 0 saturated heterocycles. The smallest absolute Gasteiger partial charge is 0.269 e. The Morgan fingerprint density at radius 3 is 3.09 bits per heavy atom. The summed E-state index contributed by atoms with van der Waals surface area (Å²) in [5.74, 6) is 0.247. The standard InChI is InChI=1S/C13H14N8O/c22-13(15-7-3-5-10-4-1-2-6-14-10)11-8-12(18-17-11)21-9-16-19-20-21/h1-2,4,6,8-9H,3,5,7H2,(H,15,22)(H,17,18). The van der Waals surface area contributed by atoms with Gasteiger partial charge in [0.2, 0.25) is 0 Å². The molecule has 9 heteroatoms. The summed E-state index contributed by atoms with van der Waals surface area (Å²) in [6.07, 6.45) is 4.81. The molecule has 0 aliphatic rings. The van der Waals surface area contributed by atoms with E-state index in [4.69, 9.17) is 0 Å². The minimum Gasteiger partial charge on any atom is -0.351 e. The fourth-order valence-electron chi connectivity index (χ4n) is 1.92. The Morgan fingerprint density at radius 1 is 1.36 bits per heavy atom. The van der Waals surface area contributed by atoms with Crippen molar-refractivity contribution >= 4 is 5.91 Å². The molecule has 3 aromatic rings. The number of tetrazole rings is 1. The molecule has 112 valence electrons. The van der Waals surface area contributed by atoms with Gasteiger partial charge in [-0.15, -0.1) is 5.10 Å². The van der Waals surface area contributed by atoms with Crippen LogP contribution in [0.4, 0.5) is 0 Å². The molecule has 0 radical (unpaired) electrons. The molecule has 0 aliphatic heterocycles. The molecule has 0 unspecified atom stereocenters. The molecule has 0 aromatic carbocycles. The third-order valence-electron chi connectivity index (χ3n) is 3.01. The van der Waals surface area contributed by atoms with Crippen LogP contribution in [0.5, 0.6) is 0 Å². The van der Waals surface area contributed by atoms with Crippen LogP contribution < -0.4 is 5.32 Å². The molecule has 0 bridgehead atoms. The van der Waals surface area contributed by atoms with E-state index in [2.05, 4.69) is 36.0 Å². The average molecular weight is 298 g/mol. The monoisotopic (exact) mass is 298 g/mol. The highest BCUT2D eigenvalue weighted by Gasteiger charge is 2.10. The van der Waals surface area contributed by atoms with Crippen molar-refractivity contribution in [2.75, 3.05) is 6.54 Å². The minimum absolute atomic E-state index is 0.215. The fraction of sp³-hybridized carbons (Fsp3) is 0.231. The van der Waals surface area contributed by atoms with E-state index in [1.165, 1.54) is 11.0 Å². The maximum absolute atomic E-state index is 12.0. The van der Waals surface area contributed by atoms with Crippen LogP contribution in [0.15, 0.2) is 36.8 Å². The second-order valence-corrected chi connectivity index (χ2v) is 4.57. The first-order valence-electron chi connectivity index (χ1n) is 6.80. The van der Waals surface area contributed by atoms with Crippen LogP contribution in [0.1, 0.15) is 22.6 Å². The molecule has 3 heterocycles. The third-order valence-corrected chi connectivity index (χ3v) is 3.01. The molecule has 0 fully saturated rings. The number of nitrogens with one attached hydrogen (secondary N) is 2. The molecule has 3 rings (SSSR count). The van der Waals surface area contributed by atoms with Crippen molar-refractivity contribution in [1.29, 1.82) is 0 Å². The van der Waals surface area contributed by atoms with Gasteiger partial charge in [0.25, 0.3) is 5.91 Å². The second kappa shape index (κ2) is 6.57. The number of H-pyrrole nitrogens is 1. The van der Waals surface area contributed by atoms with Crippen LogP contribution in [0, 0.1) is 0 Å². The Labute approximate surface area is 125 Å². The van der Waals surface area contributed by atoms with Gasteiger partial charge in [0.1, 0.15) is 12.0 Å². The van der Waals surface area contributed by atoms with Crippen molar-refractivity contribution < 1.29 is 4.79 Å². The van der Waals surface area contributed by atoms with Gasteiger partial charge in [-0.05, 0) is 35.4 Å². The molecule has 0 saturated carbocycles. The van der Waals surface area contributed by atoms with Crippen molar-refractivity contribution in [3.63, 3.8) is 0 Å². The van der Waals surface area contributed by atoms with Gasteiger partial charge in [0.15, 0.2) is 5.82 Å². The van der Waals surface area contributed by atoms with Gasteiger partial charge in [0.05, 0.1) is 0 Å². The Morgan fingerprint density at radius 2 is 2.32 bits per heavy atom. The zero-order valence-electron chi connectivity index (χ0n) is 11.7. The van der Waals surface area contributed by atoms with Crippen molar-refractivity contribution in [1.82, 2.24) is 40.7 Å². The van der Waals surface area contributed by atoms with Crippen molar-refractivity contribution in [2.24, 2.45) is 0 Å². The van der Waals surface area contributed by atoms with E-state index in [9.17, 15) is 4.79 Å². The average Bonchev–Trinajstić information content (AvgIpc) is 3.22. The molecule has 3 aromatic heterocycles. The number of aryl methyl sites for hydroxylation is 1. The molecule has 2 N–H and O–H groups in total. The van der Waals surface area contributed by atoms with Gasteiger partial charge in [-0.1, -0.05) is 6.07 Å². The van der Waals surface area contributed by atoms with Gasteiger partial charge in [-0.25, -0.2) is 0 Å². The van der Waals surface area contributed by atoms with Crippen molar-refractivity contribution in [3.8, 4) is 5.82 Å². The number of carbonyl (C=O) groups is 1. The number of aromatic amines is 1. The summed E-state index contributed by atoms with van der Waals surface area (Å²) in [5.41, 5.74) is 1.38. The lowest BCUT2D eigenvalue weighted by atomic mass is 10.2. The largest absolute Gasteiger partial charge is 0.351 e. The molecular formula is C13H14N8O. The number of hydrogen-bond donors (Lipinski definition) is 2. The predicted molar refractivity (Wildman–Crippen MR) is 76.2 cm³/mol. The molecule has 0 atom stereocenters. The Balaban J connectivity index is 1.48. The zero-order chi connectivity index (χ0) is 15.2. The number of carbonyl (C=O) groups excluding carboxylic acids is 1. The first kappa shape index (κ1) is 13.9. The van der Waals surface area contributed by atoms with Gasteiger partial charge >= 0.3 is 0 Å². The minimum atomic E-state index is -0.215. The lowest BCUT2D eigenvalue weighted by molar-refractivity contribution is 0.0948. The predicted octanol–water partition coefficient (Wildman–Crippen LogP) is 0.143. The van der Waals surface area contributed by atoms with Crippen LogP contribution in [0.2, 0.25) is 0 Å². The highest BCUT2D eigenvalue weighted by molar-refractivity contribution is 5.92. The highest BCUT2D eigenvalue weighted by atomic mass is 16.1. The number of rotatable bonds is 6. The summed E-state index contributed by atoms with van der Waals surface area (Å²) in [4.78, 5) is 16.2. The lowest BCUT2D eigenvalue weighted by Crippen LogP contribution is -2.25. The number of hydrogen-bond acceptors (Lipinski definition) is 6. The van der Waals surface area contributed by atoms with E-state index in [0.717, 1.165) is 18.5 Å². The van der Waals surface area contributed by atoms with E-state index >= 15 is 0 Å². The summed E-state index contributed by atoms with van der Waals surface area (Å²) < 4.78 is 1.37. The fourth-order valence-corrected chi connectivity index (χ4v) is 1.92. The van der Waals surface area contributed by atoms with E-state index in [1.807, 2.05) is 18.2 Å². The van der Waals surface area contributed by atoms with Gasteiger partial charge in [0, 0.05) is 24.5 Å². The normalized spacial score (nSPS) is 10.5. The summed E-state index contributed by atoms with van der Waals surface area (Å²) in [7, 11) is 0. The number of nitrogens with zero attached hydrogens (tertiary/aromatic N) is 6. The summed E-state index contributed by atoms with van der Waals surface area (Å²) in [6, 6.07) is 7.39. The molecule has 1 amide bonds. The van der Waals surface area contributed by atoms with Crippen molar-refractivity contribution in [3.05, 3.63) is 48.2 Å². The maximum atomic E-state index is 12.0. The van der Waals surface area contributed by atoms with Crippen LogP contribution >= 0.6 is 0 Å². The van der Waals surface area contributed by atoms with E-state index in [0.29, 0.717) is 18.1 Å². The second-order valence-electron chi connectivity index (χ2n) is 4.57. The maximum Gasteiger partial charge on any atom is 0.269 e. The highest BCUT2D eigenvalue weighted by Crippen LogP contribution is 2.03. The van der Waals surface area contributed by atoms with Gasteiger partial charge < -0.3 is 5.32 Å². The Hall–Kier alpha value is -3.10. The number of amides is 1. The van der Waals surface area contributed by atoms with Crippen LogP contribution in [-0.2, 0) is 6.42 Å². The first-order valence-corrected chi connectivity index (χ1v) is 6.80. The summed E-state index contributed by atoms with van der Waals surface area (Å²) >= 11 is 0. The van der Waals surface area contributed by atoms with Gasteiger partial charge in [-0.3, -0.25) is 14.9 Å². The quantitative estimate of drug-likeness (QED) is 0.626. The number of pyridine rings is 1. The number of aromatic nitrogens is 7. The molecule has 0 aliphatic carbocycles. The zero-order valence-corrected chi connectivity index (χ0v) is 11.7. The van der Waals surface area contributed by atoms with Crippen molar-refractivity contribution in [2.45, 2.75) is 12.8 Å². The topological polar surface area (TPSA) is 114 Å².